The van der Waals surface area contributed by atoms with Crippen molar-refractivity contribution in [3.05, 3.63) is 78.0 Å². The van der Waals surface area contributed by atoms with E-state index >= 15 is 0 Å². The summed E-state index contributed by atoms with van der Waals surface area (Å²) in [6.07, 6.45) is 4.77. The van der Waals surface area contributed by atoms with E-state index in [2.05, 4.69) is 16.4 Å². The third kappa shape index (κ3) is 3.25. The van der Waals surface area contributed by atoms with E-state index in [1.807, 2.05) is 36.4 Å². The molecule has 4 heteroatoms. The molecule has 0 radical (unpaired) electrons. The molecule has 0 unspecified atom stereocenters. The van der Waals surface area contributed by atoms with Gasteiger partial charge in [-0.25, -0.2) is 0 Å². The first-order valence-corrected chi connectivity index (χ1v) is 7.10. The van der Waals surface area contributed by atoms with Gasteiger partial charge in [-0.05, 0) is 42.0 Å². The van der Waals surface area contributed by atoms with E-state index < -0.39 is 0 Å². The van der Waals surface area contributed by atoms with Crippen LogP contribution in [-0.2, 0) is 4.79 Å². The van der Waals surface area contributed by atoms with Crippen molar-refractivity contribution in [2.24, 2.45) is 0 Å². The van der Waals surface area contributed by atoms with Gasteiger partial charge in [0.1, 0.15) is 0 Å². The van der Waals surface area contributed by atoms with Crippen molar-refractivity contribution in [2.75, 3.05) is 5.32 Å². The van der Waals surface area contributed by atoms with Gasteiger partial charge in [0.2, 0.25) is 5.91 Å². The number of hydrogen-bond donors (Lipinski definition) is 1. The van der Waals surface area contributed by atoms with Crippen molar-refractivity contribution in [1.29, 1.82) is 5.26 Å². The molecule has 0 aliphatic heterocycles. The number of nitriles is 1. The van der Waals surface area contributed by atoms with Crippen molar-refractivity contribution in [2.45, 2.75) is 0 Å². The molecular weight excluding hydrogens is 286 g/mol. The number of benzene rings is 2. The summed E-state index contributed by atoms with van der Waals surface area (Å²) in [6, 6.07) is 18.5. The zero-order valence-corrected chi connectivity index (χ0v) is 12.2. The Morgan fingerprint density at radius 1 is 1.09 bits per heavy atom. The molecule has 3 aromatic rings. The van der Waals surface area contributed by atoms with E-state index in [9.17, 15) is 4.79 Å². The maximum absolute atomic E-state index is 12.1. The first kappa shape index (κ1) is 14.5. The van der Waals surface area contributed by atoms with Crippen LogP contribution in [0.25, 0.3) is 17.0 Å². The number of nitrogens with one attached hydrogen (secondary N) is 1. The number of fused-ring (bicyclic) bond motifs is 1. The van der Waals surface area contributed by atoms with Gasteiger partial charge in [-0.3, -0.25) is 9.78 Å². The Bertz CT molecular complexity index is 933. The van der Waals surface area contributed by atoms with Gasteiger partial charge in [0.25, 0.3) is 0 Å². The molecule has 4 nitrogen and oxygen atoms in total. The van der Waals surface area contributed by atoms with Crippen LogP contribution in [0.2, 0.25) is 0 Å². The Balaban J connectivity index is 1.82. The maximum Gasteiger partial charge on any atom is 0.248 e. The van der Waals surface area contributed by atoms with Crippen LogP contribution < -0.4 is 5.32 Å². The van der Waals surface area contributed by atoms with Crippen LogP contribution in [0, 0.1) is 11.3 Å². The number of carbonyl (C=O) groups excluding carboxylic acids is 1. The summed E-state index contributed by atoms with van der Waals surface area (Å²) in [5, 5.41) is 12.8. The molecule has 0 aliphatic rings. The number of nitrogens with zero attached hydrogens (tertiary/aromatic N) is 2. The Morgan fingerprint density at radius 3 is 2.83 bits per heavy atom. The molecule has 0 bridgehead atoms. The maximum atomic E-state index is 12.1. The third-order valence-electron chi connectivity index (χ3n) is 3.40. The zero-order chi connectivity index (χ0) is 16.1. The van der Waals surface area contributed by atoms with Crippen molar-refractivity contribution >= 4 is 28.6 Å². The fourth-order valence-electron chi connectivity index (χ4n) is 2.30. The summed E-state index contributed by atoms with van der Waals surface area (Å²) in [6.45, 7) is 0. The summed E-state index contributed by atoms with van der Waals surface area (Å²) in [5.74, 6) is -0.255. The van der Waals surface area contributed by atoms with Crippen LogP contribution in [0.1, 0.15) is 11.1 Å². The van der Waals surface area contributed by atoms with Gasteiger partial charge in [0.05, 0.1) is 22.8 Å². The second kappa shape index (κ2) is 6.54. The van der Waals surface area contributed by atoms with Crippen LogP contribution in [0.4, 0.5) is 5.69 Å². The average molecular weight is 299 g/mol. The molecule has 1 heterocycles. The minimum Gasteiger partial charge on any atom is -0.322 e. The number of hydrogen-bond acceptors (Lipinski definition) is 3. The molecule has 1 amide bonds. The molecule has 0 fully saturated rings. The highest BCUT2D eigenvalue weighted by atomic mass is 16.1. The molecule has 1 aromatic heterocycles. The minimum absolute atomic E-state index is 0.255. The molecular formula is C19H13N3O. The molecule has 0 saturated carbocycles. The fraction of sp³-hybridized carbons (Fsp3) is 0. The predicted octanol–water partition coefficient (Wildman–Crippen LogP) is 3.76. The van der Waals surface area contributed by atoms with Gasteiger partial charge in [0, 0.05) is 17.7 Å². The van der Waals surface area contributed by atoms with E-state index in [0.29, 0.717) is 16.8 Å². The molecule has 2 aromatic carbocycles. The van der Waals surface area contributed by atoms with E-state index in [0.717, 1.165) is 10.9 Å². The van der Waals surface area contributed by atoms with Crippen LogP contribution in [0.15, 0.2) is 66.9 Å². The molecule has 0 spiro atoms. The SMILES string of the molecule is N#Cc1ccccc1/C=C/C(=O)Nc1cccc2ncccc12. The number of aromatic nitrogens is 1. The van der Waals surface area contributed by atoms with Gasteiger partial charge < -0.3 is 5.32 Å². The fourth-order valence-corrected chi connectivity index (χ4v) is 2.30. The molecule has 110 valence electrons. The summed E-state index contributed by atoms with van der Waals surface area (Å²) in [4.78, 5) is 16.4. The molecule has 1 N–H and O–H groups in total. The highest BCUT2D eigenvalue weighted by Crippen LogP contribution is 2.21. The lowest BCUT2D eigenvalue weighted by molar-refractivity contribution is -0.111. The van der Waals surface area contributed by atoms with Crippen LogP contribution in [-0.4, -0.2) is 10.9 Å². The summed E-state index contributed by atoms with van der Waals surface area (Å²) in [7, 11) is 0. The molecule has 0 atom stereocenters. The average Bonchev–Trinajstić information content (AvgIpc) is 2.60. The van der Waals surface area contributed by atoms with E-state index in [1.165, 1.54) is 6.08 Å². The minimum atomic E-state index is -0.255. The van der Waals surface area contributed by atoms with Crippen molar-refractivity contribution in [3.8, 4) is 6.07 Å². The summed E-state index contributed by atoms with van der Waals surface area (Å²) in [5.41, 5.74) is 2.78. The first-order chi connectivity index (χ1) is 11.3. The summed E-state index contributed by atoms with van der Waals surface area (Å²) < 4.78 is 0. The Morgan fingerprint density at radius 2 is 1.96 bits per heavy atom. The number of rotatable bonds is 3. The standard InChI is InChI=1S/C19H13N3O/c20-13-15-6-2-1-5-14(15)10-11-19(23)22-18-9-3-8-17-16(18)7-4-12-21-17/h1-12H,(H,22,23)/b11-10+. The lowest BCUT2D eigenvalue weighted by Gasteiger charge is -2.06. The molecule has 0 saturated heterocycles. The quantitative estimate of drug-likeness (QED) is 0.749. The monoisotopic (exact) mass is 299 g/mol. The smallest absolute Gasteiger partial charge is 0.248 e. The topological polar surface area (TPSA) is 65.8 Å². The van der Waals surface area contributed by atoms with Gasteiger partial charge in [-0.15, -0.1) is 0 Å². The lowest BCUT2D eigenvalue weighted by atomic mass is 10.1. The number of pyridine rings is 1. The Labute approximate surface area is 133 Å². The molecule has 0 aliphatic carbocycles. The Hall–Kier alpha value is -3.45. The second-order valence-electron chi connectivity index (χ2n) is 4.90. The highest BCUT2D eigenvalue weighted by Gasteiger charge is 2.04. The lowest BCUT2D eigenvalue weighted by Crippen LogP contribution is -2.08. The van der Waals surface area contributed by atoms with E-state index in [1.54, 1.807) is 30.5 Å². The normalized spacial score (nSPS) is 10.6. The third-order valence-corrected chi connectivity index (χ3v) is 3.40. The molecule has 3 rings (SSSR count). The predicted molar refractivity (Wildman–Crippen MR) is 90.6 cm³/mol. The number of anilines is 1. The second-order valence-corrected chi connectivity index (χ2v) is 4.90. The van der Waals surface area contributed by atoms with Crippen molar-refractivity contribution in [1.82, 2.24) is 4.98 Å². The van der Waals surface area contributed by atoms with Crippen LogP contribution in [0.5, 0.6) is 0 Å². The largest absolute Gasteiger partial charge is 0.322 e. The van der Waals surface area contributed by atoms with Crippen molar-refractivity contribution < 1.29 is 4.79 Å². The van der Waals surface area contributed by atoms with Crippen molar-refractivity contribution in [3.63, 3.8) is 0 Å². The molecule has 23 heavy (non-hydrogen) atoms. The summed E-state index contributed by atoms with van der Waals surface area (Å²) >= 11 is 0. The van der Waals surface area contributed by atoms with Gasteiger partial charge in [-0.1, -0.05) is 24.3 Å². The van der Waals surface area contributed by atoms with Crippen LogP contribution in [0.3, 0.4) is 0 Å². The first-order valence-electron chi connectivity index (χ1n) is 7.10. The number of carbonyl (C=O) groups is 1. The van der Waals surface area contributed by atoms with Gasteiger partial charge >= 0.3 is 0 Å². The van der Waals surface area contributed by atoms with Gasteiger partial charge in [0.15, 0.2) is 0 Å². The van der Waals surface area contributed by atoms with Gasteiger partial charge in [-0.2, -0.15) is 5.26 Å². The van der Waals surface area contributed by atoms with E-state index in [-0.39, 0.29) is 5.91 Å². The Kier molecular flexibility index (Phi) is 4.12. The van der Waals surface area contributed by atoms with Crippen LogP contribution >= 0.6 is 0 Å². The highest BCUT2D eigenvalue weighted by molar-refractivity contribution is 6.07. The number of amides is 1. The zero-order valence-electron chi connectivity index (χ0n) is 12.2. The van der Waals surface area contributed by atoms with E-state index in [4.69, 9.17) is 5.26 Å².